The molecule has 0 fully saturated rings. The molecular formula is C14H13F3N2. The summed E-state index contributed by atoms with van der Waals surface area (Å²) in [7, 11) is 0. The predicted octanol–water partition coefficient (Wildman–Crippen LogP) is 4.34. The number of alkyl halides is 3. The first-order chi connectivity index (χ1) is 8.86. The summed E-state index contributed by atoms with van der Waals surface area (Å²) in [6.07, 6.45) is -4.34. The average molecular weight is 266 g/mol. The highest BCUT2D eigenvalue weighted by Crippen LogP contribution is 2.33. The third-order valence-electron chi connectivity index (χ3n) is 2.75. The van der Waals surface area contributed by atoms with E-state index in [0.29, 0.717) is 17.1 Å². The summed E-state index contributed by atoms with van der Waals surface area (Å²) in [5, 5.41) is 2.96. The Morgan fingerprint density at radius 3 is 2.21 bits per heavy atom. The van der Waals surface area contributed by atoms with Crippen molar-refractivity contribution in [1.29, 1.82) is 0 Å². The first-order valence-electron chi connectivity index (χ1n) is 5.67. The first kappa shape index (κ1) is 13.3. The molecule has 0 bridgehead atoms. The lowest BCUT2D eigenvalue weighted by Gasteiger charge is -2.13. The highest BCUT2D eigenvalue weighted by molar-refractivity contribution is 5.65. The lowest BCUT2D eigenvalue weighted by atomic mass is 10.1. The van der Waals surface area contributed by atoms with Crippen LogP contribution in [0.5, 0.6) is 0 Å². The minimum Gasteiger partial charge on any atom is -0.399 e. The van der Waals surface area contributed by atoms with Crippen molar-refractivity contribution in [3.05, 3.63) is 53.6 Å². The van der Waals surface area contributed by atoms with E-state index in [1.807, 2.05) is 0 Å². The number of anilines is 3. The minimum atomic E-state index is -4.34. The van der Waals surface area contributed by atoms with Gasteiger partial charge in [-0.2, -0.15) is 13.2 Å². The van der Waals surface area contributed by atoms with Gasteiger partial charge in [0.05, 0.1) is 5.56 Å². The Kier molecular flexibility index (Phi) is 3.38. The van der Waals surface area contributed by atoms with E-state index in [2.05, 4.69) is 5.32 Å². The smallest absolute Gasteiger partial charge is 0.399 e. The van der Waals surface area contributed by atoms with Crippen LogP contribution >= 0.6 is 0 Å². The number of hydrogen-bond donors (Lipinski definition) is 2. The molecule has 0 radical (unpaired) electrons. The average Bonchev–Trinajstić information content (AvgIpc) is 2.33. The molecule has 2 aromatic rings. The molecule has 0 aromatic heterocycles. The second-order valence-electron chi connectivity index (χ2n) is 4.27. The summed E-state index contributed by atoms with van der Waals surface area (Å²) in [6.45, 7) is 1.75. The normalized spacial score (nSPS) is 11.4. The fourth-order valence-electron chi connectivity index (χ4n) is 1.65. The fourth-order valence-corrected chi connectivity index (χ4v) is 1.65. The van der Waals surface area contributed by atoms with E-state index in [1.165, 1.54) is 6.07 Å². The molecule has 100 valence electrons. The van der Waals surface area contributed by atoms with Gasteiger partial charge in [0, 0.05) is 17.1 Å². The molecule has 0 aliphatic rings. The second kappa shape index (κ2) is 4.84. The van der Waals surface area contributed by atoms with Gasteiger partial charge in [0.15, 0.2) is 0 Å². The monoisotopic (exact) mass is 266 g/mol. The molecule has 2 rings (SSSR count). The summed E-state index contributed by atoms with van der Waals surface area (Å²) < 4.78 is 37.9. The Labute approximate surface area is 109 Å². The van der Waals surface area contributed by atoms with Gasteiger partial charge in [0.1, 0.15) is 0 Å². The van der Waals surface area contributed by atoms with Crippen LogP contribution in [0.25, 0.3) is 0 Å². The van der Waals surface area contributed by atoms with Crippen molar-refractivity contribution < 1.29 is 13.2 Å². The largest absolute Gasteiger partial charge is 0.416 e. The zero-order valence-electron chi connectivity index (χ0n) is 10.3. The molecule has 0 saturated carbocycles. The van der Waals surface area contributed by atoms with E-state index in [-0.39, 0.29) is 0 Å². The van der Waals surface area contributed by atoms with Crippen molar-refractivity contribution >= 4 is 17.1 Å². The molecule has 0 aliphatic heterocycles. The van der Waals surface area contributed by atoms with Crippen LogP contribution in [-0.4, -0.2) is 0 Å². The van der Waals surface area contributed by atoms with Crippen LogP contribution in [0.3, 0.4) is 0 Å². The summed E-state index contributed by atoms with van der Waals surface area (Å²) in [5.41, 5.74) is 7.35. The van der Waals surface area contributed by atoms with Gasteiger partial charge in [-0.3, -0.25) is 0 Å². The van der Waals surface area contributed by atoms with Crippen LogP contribution in [0, 0.1) is 6.92 Å². The molecule has 0 heterocycles. The Morgan fingerprint density at radius 2 is 1.63 bits per heavy atom. The minimum absolute atomic E-state index is 0.430. The summed E-state index contributed by atoms with van der Waals surface area (Å²) in [4.78, 5) is 0. The maximum atomic E-state index is 12.6. The Bertz CT molecular complexity index is 574. The Balaban J connectivity index is 2.31. The van der Waals surface area contributed by atoms with Crippen molar-refractivity contribution in [1.82, 2.24) is 0 Å². The highest BCUT2D eigenvalue weighted by atomic mass is 19.4. The fraction of sp³-hybridized carbons (Fsp3) is 0.143. The number of nitrogens with one attached hydrogen (secondary N) is 1. The van der Waals surface area contributed by atoms with Crippen molar-refractivity contribution in [2.24, 2.45) is 0 Å². The molecule has 3 N–H and O–H groups in total. The molecule has 0 unspecified atom stereocenters. The van der Waals surface area contributed by atoms with E-state index < -0.39 is 11.7 Å². The number of rotatable bonds is 2. The molecular weight excluding hydrogens is 253 g/mol. The van der Waals surface area contributed by atoms with Crippen LogP contribution in [0.1, 0.15) is 11.1 Å². The van der Waals surface area contributed by atoms with E-state index in [1.54, 1.807) is 31.2 Å². The third-order valence-corrected chi connectivity index (χ3v) is 2.75. The van der Waals surface area contributed by atoms with Crippen molar-refractivity contribution in [2.45, 2.75) is 13.1 Å². The second-order valence-corrected chi connectivity index (χ2v) is 4.27. The molecule has 0 amide bonds. The highest BCUT2D eigenvalue weighted by Gasteiger charge is 2.30. The van der Waals surface area contributed by atoms with Crippen molar-refractivity contribution in [3.63, 3.8) is 0 Å². The quantitative estimate of drug-likeness (QED) is 0.793. The number of hydrogen-bond acceptors (Lipinski definition) is 2. The van der Waals surface area contributed by atoms with Gasteiger partial charge in [-0.25, -0.2) is 0 Å². The number of nitrogens with two attached hydrogens (primary N) is 1. The van der Waals surface area contributed by atoms with Gasteiger partial charge in [0.25, 0.3) is 0 Å². The van der Waals surface area contributed by atoms with Crippen molar-refractivity contribution in [3.8, 4) is 0 Å². The van der Waals surface area contributed by atoms with E-state index in [9.17, 15) is 13.2 Å². The number of benzene rings is 2. The van der Waals surface area contributed by atoms with E-state index in [0.717, 1.165) is 17.7 Å². The number of aryl methyl sites for hydroxylation is 1. The molecule has 2 aromatic carbocycles. The van der Waals surface area contributed by atoms with Crippen LogP contribution in [0.4, 0.5) is 30.2 Å². The van der Waals surface area contributed by atoms with Gasteiger partial charge in [-0.15, -0.1) is 0 Å². The topological polar surface area (TPSA) is 38.0 Å². The van der Waals surface area contributed by atoms with Gasteiger partial charge in [0.2, 0.25) is 0 Å². The Morgan fingerprint density at radius 1 is 1.00 bits per heavy atom. The van der Waals surface area contributed by atoms with Gasteiger partial charge >= 0.3 is 6.18 Å². The van der Waals surface area contributed by atoms with E-state index >= 15 is 0 Å². The van der Waals surface area contributed by atoms with Crippen LogP contribution in [-0.2, 0) is 6.18 Å². The van der Waals surface area contributed by atoms with Gasteiger partial charge < -0.3 is 11.1 Å². The summed E-state index contributed by atoms with van der Waals surface area (Å²) >= 11 is 0. The molecule has 19 heavy (non-hydrogen) atoms. The molecule has 0 spiro atoms. The molecule has 0 saturated heterocycles. The Hall–Kier alpha value is -2.17. The lowest BCUT2D eigenvalue weighted by molar-refractivity contribution is -0.137. The SMILES string of the molecule is Cc1ccc(C(F)(F)F)cc1Nc1ccc(N)cc1. The predicted molar refractivity (Wildman–Crippen MR) is 70.3 cm³/mol. The zero-order chi connectivity index (χ0) is 14.0. The van der Waals surface area contributed by atoms with Crippen LogP contribution in [0.2, 0.25) is 0 Å². The molecule has 0 atom stereocenters. The third kappa shape index (κ3) is 3.19. The molecule has 5 heteroatoms. The van der Waals surface area contributed by atoms with Gasteiger partial charge in [-0.1, -0.05) is 6.07 Å². The summed E-state index contributed by atoms with van der Waals surface area (Å²) in [6, 6.07) is 10.4. The van der Waals surface area contributed by atoms with Gasteiger partial charge in [-0.05, 0) is 48.9 Å². The van der Waals surface area contributed by atoms with Crippen LogP contribution < -0.4 is 11.1 Å². The number of nitrogen functional groups attached to an aromatic ring is 1. The molecule has 2 nitrogen and oxygen atoms in total. The first-order valence-corrected chi connectivity index (χ1v) is 5.67. The molecule has 0 aliphatic carbocycles. The lowest BCUT2D eigenvalue weighted by Crippen LogP contribution is -2.06. The van der Waals surface area contributed by atoms with Crippen molar-refractivity contribution in [2.75, 3.05) is 11.1 Å². The summed E-state index contributed by atoms with van der Waals surface area (Å²) in [5.74, 6) is 0. The maximum Gasteiger partial charge on any atom is 0.416 e. The zero-order valence-corrected chi connectivity index (χ0v) is 10.3. The maximum absolute atomic E-state index is 12.6. The standard InChI is InChI=1S/C14H13F3N2/c1-9-2-3-10(14(15,16)17)8-13(9)19-12-6-4-11(18)5-7-12/h2-8,19H,18H2,1H3. The van der Waals surface area contributed by atoms with Crippen LogP contribution in [0.15, 0.2) is 42.5 Å². The van der Waals surface area contributed by atoms with E-state index in [4.69, 9.17) is 5.73 Å². The number of halogens is 3.